The molecule has 0 fully saturated rings. The zero-order valence-corrected chi connectivity index (χ0v) is 13.0. The van der Waals surface area contributed by atoms with Gasteiger partial charge in [-0.15, -0.1) is 0 Å². The van der Waals surface area contributed by atoms with Crippen molar-refractivity contribution < 1.29 is 9.47 Å². The summed E-state index contributed by atoms with van der Waals surface area (Å²) in [7, 11) is 1.67. The number of ether oxygens (including phenoxy) is 2. The van der Waals surface area contributed by atoms with Crippen LogP contribution in [0, 0.1) is 0 Å². The molecule has 0 aromatic heterocycles. The minimum absolute atomic E-state index is 0.141. The first-order valence-corrected chi connectivity index (χ1v) is 7.23. The number of methoxy groups -OCH3 is 1. The Balaban J connectivity index is 2.20. The van der Waals surface area contributed by atoms with Crippen LogP contribution in [-0.4, -0.2) is 13.2 Å². The zero-order valence-electron chi connectivity index (χ0n) is 12.3. The lowest BCUT2D eigenvalue weighted by Crippen LogP contribution is -2.29. The van der Waals surface area contributed by atoms with Gasteiger partial charge in [0.15, 0.2) is 0 Å². The molecule has 2 aromatic carbocycles. The van der Waals surface area contributed by atoms with Crippen molar-refractivity contribution in [3.8, 4) is 5.75 Å². The third-order valence-corrected chi connectivity index (χ3v) is 3.40. The van der Waals surface area contributed by atoms with E-state index in [2.05, 4.69) is 0 Å². The van der Waals surface area contributed by atoms with Gasteiger partial charge >= 0.3 is 0 Å². The summed E-state index contributed by atoms with van der Waals surface area (Å²) in [5.41, 5.74) is 8.14. The number of hydrogen-bond donors (Lipinski definition) is 1. The Labute approximate surface area is 130 Å². The lowest BCUT2D eigenvalue weighted by Gasteiger charge is -2.23. The second-order valence-corrected chi connectivity index (χ2v) is 5.47. The minimum Gasteiger partial charge on any atom is -0.484 e. The number of rotatable bonds is 6. The van der Waals surface area contributed by atoms with Gasteiger partial charge in [0.2, 0.25) is 0 Å². The molecule has 2 aromatic rings. The summed E-state index contributed by atoms with van der Waals surface area (Å²) in [6.45, 7) is 2.49. The number of nitrogens with two attached hydrogens (primary N) is 1. The summed E-state index contributed by atoms with van der Waals surface area (Å²) in [6.07, 6.45) is -0.222. The van der Waals surface area contributed by atoms with E-state index in [1.165, 1.54) is 0 Å². The Hall–Kier alpha value is -1.55. The molecule has 0 amide bonds. The molecule has 4 heteroatoms. The van der Waals surface area contributed by atoms with Gasteiger partial charge in [0.1, 0.15) is 11.9 Å². The highest BCUT2D eigenvalue weighted by Gasteiger charge is 2.18. The quantitative estimate of drug-likeness (QED) is 0.878. The van der Waals surface area contributed by atoms with Crippen molar-refractivity contribution in [2.45, 2.75) is 25.7 Å². The summed E-state index contributed by atoms with van der Waals surface area (Å²) in [6, 6.07) is 15.3. The van der Waals surface area contributed by atoms with E-state index in [4.69, 9.17) is 26.8 Å². The molecule has 2 atom stereocenters. The Morgan fingerprint density at radius 1 is 1.14 bits per heavy atom. The molecule has 0 saturated carbocycles. The molecule has 2 unspecified atom stereocenters. The van der Waals surface area contributed by atoms with Gasteiger partial charge in [-0.1, -0.05) is 35.9 Å². The average Bonchev–Trinajstić information content (AvgIpc) is 2.46. The number of hydrogen-bond acceptors (Lipinski definition) is 3. The second kappa shape index (κ2) is 7.46. The topological polar surface area (TPSA) is 44.5 Å². The molecular weight excluding hydrogens is 286 g/mol. The summed E-state index contributed by atoms with van der Waals surface area (Å²) >= 11 is 5.93. The normalized spacial score (nSPS) is 13.7. The van der Waals surface area contributed by atoms with Crippen molar-refractivity contribution in [3.63, 3.8) is 0 Å². The average molecular weight is 306 g/mol. The molecular formula is C17H20ClNO2. The van der Waals surface area contributed by atoms with Crippen LogP contribution in [-0.2, 0) is 11.3 Å². The maximum absolute atomic E-state index is 6.07. The summed E-state index contributed by atoms with van der Waals surface area (Å²) < 4.78 is 11.2. The Bertz CT molecular complexity index is 569. The van der Waals surface area contributed by atoms with Gasteiger partial charge < -0.3 is 15.2 Å². The van der Waals surface area contributed by atoms with Crippen LogP contribution in [0.2, 0.25) is 5.02 Å². The van der Waals surface area contributed by atoms with Crippen LogP contribution in [0.4, 0.5) is 0 Å². The van der Waals surface area contributed by atoms with Gasteiger partial charge in [-0.25, -0.2) is 0 Å². The Morgan fingerprint density at radius 3 is 2.48 bits per heavy atom. The molecule has 0 heterocycles. The SMILES string of the molecule is COCc1cccc(OC(c2ccc(Cl)cc2)C(C)N)c1. The Kier molecular flexibility index (Phi) is 5.62. The molecule has 112 valence electrons. The van der Waals surface area contributed by atoms with Gasteiger partial charge in [-0.05, 0) is 42.3 Å². The van der Waals surface area contributed by atoms with Crippen molar-refractivity contribution in [1.29, 1.82) is 0 Å². The lowest BCUT2D eigenvalue weighted by atomic mass is 10.0. The van der Waals surface area contributed by atoms with Crippen LogP contribution >= 0.6 is 11.6 Å². The third-order valence-electron chi connectivity index (χ3n) is 3.15. The highest BCUT2D eigenvalue weighted by molar-refractivity contribution is 6.30. The highest BCUT2D eigenvalue weighted by atomic mass is 35.5. The highest BCUT2D eigenvalue weighted by Crippen LogP contribution is 2.26. The first-order valence-electron chi connectivity index (χ1n) is 6.85. The third kappa shape index (κ3) is 4.46. The monoisotopic (exact) mass is 305 g/mol. The van der Waals surface area contributed by atoms with Gasteiger partial charge in [0.05, 0.1) is 6.61 Å². The van der Waals surface area contributed by atoms with Gasteiger partial charge in [0.25, 0.3) is 0 Å². The van der Waals surface area contributed by atoms with Crippen LogP contribution in [0.1, 0.15) is 24.2 Å². The molecule has 0 radical (unpaired) electrons. The number of halogens is 1. The van der Waals surface area contributed by atoms with Crippen LogP contribution in [0.25, 0.3) is 0 Å². The van der Waals surface area contributed by atoms with Crippen molar-refractivity contribution in [3.05, 3.63) is 64.7 Å². The smallest absolute Gasteiger partial charge is 0.138 e. The molecule has 2 N–H and O–H groups in total. The molecule has 0 aliphatic heterocycles. The molecule has 0 aliphatic rings. The molecule has 0 aliphatic carbocycles. The summed E-state index contributed by atoms with van der Waals surface area (Å²) in [5, 5.41) is 0.698. The maximum atomic E-state index is 6.07. The van der Waals surface area contributed by atoms with E-state index in [0.717, 1.165) is 16.9 Å². The largest absolute Gasteiger partial charge is 0.484 e. The summed E-state index contributed by atoms with van der Waals surface area (Å²) in [4.78, 5) is 0. The maximum Gasteiger partial charge on any atom is 0.138 e. The van der Waals surface area contributed by atoms with E-state index in [1.807, 2.05) is 55.5 Å². The predicted octanol–water partition coefficient (Wildman–Crippen LogP) is 3.95. The van der Waals surface area contributed by atoms with Gasteiger partial charge in [-0.3, -0.25) is 0 Å². The second-order valence-electron chi connectivity index (χ2n) is 5.03. The van der Waals surface area contributed by atoms with E-state index in [1.54, 1.807) is 7.11 Å². The molecule has 0 saturated heterocycles. The zero-order chi connectivity index (χ0) is 15.2. The van der Waals surface area contributed by atoms with Crippen LogP contribution in [0.3, 0.4) is 0 Å². The predicted molar refractivity (Wildman–Crippen MR) is 85.6 cm³/mol. The fourth-order valence-electron chi connectivity index (χ4n) is 2.15. The van der Waals surface area contributed by atoms with Gasteiger partial charge in [0, 0.05) is 18.2 Å². The van der Waals surface area contributed by atoms with E-state index < -0.39 is 0 Å². The first kappa shape index (κ1) is 15.8. The van der Waals surface area contributed by atoms with Crippen LogP contribution in [0.5, 0.6) is 5.75 Å². The molecule has 3 nitrogen and oxygen atoms in total. The molecule has 2 rings (SSSR count). The molecule has 0 bridgehead atoms. The molecule has 0 spiro atoms. The van der Waals surface area contributed by atoms with Crippen LogP contribution in [0.15, 0.2) is 48.5 Å². The van der Waals surface area contributed by atoms with E-state index in [-0.39, 0.29) is 12.1 Å². The van der Waals surface area contributed by atoms with E-state index in [9.17, 15) is 0 Å². The number of benzene rings is 2. The van der Waals surface area contributed by atoms with Crippen LogP contribution < -0.4 is 10.5 Å². The van der Waals surface area contributed by atoms with Crippen molar-refractivity contribution in [1.82, 2.24) is 0 Å². The summed E-state index contributed by atoms with van der Waals surface area (Å²) in [5.74, 6) is 0.779. The lowest BCUT2D eigenvalue weighted by molar-refractivity contribution is 0.175. The van der Waals surface area contributed by atoms with Crippen molar-refractivity contribution in [2.24, 2.45) is 5.73 Å². The van der Waals surface area contributed by atoms with Crippen molar-refractivity contribution >= 4 is 11.6 Å². The standard InChI is InChI=1S/C17H20ClNO2/c1-12(19)17(14-6-8-15(18)9-7-14)21-16-5-3-4-13(10-16)11-20-2/h3-10,12,17H,11,19H2,1-2H3. The van der Waals surface area contributed by atoms with Crippen molar-refractivity contribution in [2.75, 3.05) is 7.11 Å². The fourth-order valence-corrected chi connectivity index (χ4v) is 2.28. The van der Waals surface area contributed by atoms with Gasteiger partial charge in [-0.2, -0.15) is 0 Å². The Morgan fingerprint density at radius 2 is 1.86 bits per heavy atom. The fraction of sp³-hybridized carbons (Fsp3) is 0.294. The molecule has 21 heavy (non-hydrogen) atoms. The van der Waals surface area contributed by atoms with E-state index >= 15 is 0 Å². The minimum atomic E-state index is -0.222. The van der Waals surface area contributed by atoms with E-state index in [0.29, 0.717) is 11.6 Å². The first-order chi connectivity index (χ1) is 10.1.